The van der Waals surface area contributed by atoms with E-state index < -0.39 is 16.4 Å². The number of hydrogen-bond acceptors (Lipinski definition) is 0. The van der Waals surface area contributed by atoms with E-state index in [1.165, 1.54) is 0 Å². The zero-order valence-electron chi connectivity index (χ0n) is 3.92. The van der Waals surface area contributed by atoms with Gasteiger partial charge in [0.05, 0.1) is 0 Å². The summed E-state index contributed by atoms with van der Waals surface area (Å²) < 4.78 is 35.4. The lowest BCUT2D eigenvalue weighted by Gasteiger charge is -2.16. The van der Waals surface area contributed by atoms with Crippen LogP contribution in [0.2, 0.25) is 0 Å². The summed E-state index contributed by atoms with van der Waals surface area (Å²) in [4.78, 5) is 0. The molecule has 0 aliphatic carbocycles. The fraction of sp³-hybridized carbons (Fsp3) is 1.00. The van der Waals surface area contributed by atoms with Gasteiger partial charge in [0.25, 0.3) is 5.13 Å². The molecule has 2 atom stereocenters. The third-order valence-corrected chi connectivity index (χ3v) is 1.82. The molecule has 9 heavy (non-hydrogen) atoms. The standard InChI is InChI=1S/C3H2Cl3F3/c4-1(7)3(6,9)2(5)8/h1-2H. The van der Waals surface area contributed by atoms with Crippen molar-refractivity contribution in [2.75, 3.05) is 0 Å². The molecule has 0 bridgehead atoms. The van der Waals surface area contributed by atoms with Gasteiger partial charge in [-0.05, 0) is 0 Å². The first-order chi connectivity index (χ1) is 3.89. The second-order valence-corrected chi connectivity index (χ2v) is 2.62. The van der Waals surface area contributed by atoms with E-state index in [-0.39, 0.29) is 0 Å². The van der Waals surface area contributed by atoms with E-state index >= 15 is 0 Å². The molecule has 0 nitrogen and oxygen atoms in total. The van der Waals surface area contributed by atoms with Gasteiger partial charge in [0.1, 0.15) is 0 Å². The monoisotopic (exact) mass is 200 g/mol. The van der Waals surface area contributed by atoms with E-state index in [4.69, 9.17) is 0 Å². The van der Waals surface area contributed by atoms with Gasteiger partial charge in [0, 0.05) is 0 Å². The van der Waals surface area contributed by atoms with E-state index in [1.54, 1.807) is 0 Å². The molecule has 0 N–H and O–H groups in total. The summed E-state index contributed by atoms with van der Waals surface area (Å²) in [6, 6.07) is 0. The van der Waals surface area contributed by atoms with E-state index in [0.717, 1.165) is 0 Å². The van der Waals surface area contributed by atoms with Crippen LogP contribution in [0.5, 0.6) is 0 Å². The van der Waals surface area contributed by atoms with Crippen molar-refractivity contribution < 1.29 is 13.2 Å². The topological polar surface area (TPSA) is 0 Å². The van der Waals surface area contributed by atoms with Crippen LogP contribution in [0.3, 0.4) is 0 Å². The SMILES string of the molecule is FC(Cl)C(F)(Cl)C(F)Cl. The summed E-state index contributed by atoms with van der Waals surface area (Å²) in [5.41, 5.74) is -5.29. The number of alkyl halides is 6. The maximum atomic E-state index is 12.1. The fourth-order valence-corrected chi connectivity index (χ4v) is 0.381. The van der Waals surface area contributed by atoms with Gasteiger partial charge in [0.2, 0.25) is 11.3 Å². The Morgan fingerprint density at radius 1 is 1.11 bits per heavy atom. The van der Waals surface area contributed by atoms with Gasteiger partial charge in [-0.25, -0.2) is 13.2 Å². The Kier molecular flexibility index (Phi) is 3.40. The second-order valence-electron chi connectivity index (χ2n) is 1.28. The molecule has 0 aromatic rings. The lowest BCUT2D eigenvalue weighted by Crippen LogP contribution is -2.32. The van der Waals surface area contributed by atoms with Crippen LogP contribution >= 0.6 is 34.8 Å². The predicted octanol–water partition coefficient (Wildman–Crippen LogP) is 2.96. The van der Waals surface area contributed by atoms with Crippen LogP contribution < -0.4 is 0 Å². The third-order valence-electron chi connectivity index (χ3n) is 0.582. The largest absolute Gasteiger partial charge is 0.273 e. The Balaban J connectivity index is 4.01. The molecule has 0 fully saturated rings. The lowest BCUT2D eigenvalue weighted by molar-refractivity contribution is 0.126. The maximum Gasteiger partial charge on any atom is 0.273 e. The highest BCUT2D eigenvalue weighted by atomic mass is 35.5. The molecule has 0 aliphatic rings. The molecule has 0 amide bonds. The zero-order valence-corrected chi connectivity index (χ0v) is 6.19. The minimum absolute atomic E-state index is 2.65. The molecule has 0 aromatic heterocycles. The summed E-state index contributed by atoms with van der Waals surface area (Å²) in [5, 5.41) is -3.33. The normalized spacial score (nSPS) is 24.7. The molecule has 56 valence electrons. The quantitative estimate of drug-likeness (QED) is 0.603. The van der Waals surface area contributed by atoms with Crippen LogP contribution in [-0.4, -0.2) is 16.4 Å². The minimum Gasteiger partial charge on any atom is -0.225 e. The summed E-state index contributed by atoms with van der Waals surface area (Å²) >= 11 is 13.5. The van der Waals surface area contributed by atoms with Crippen LogP contribution in [0.4, 0.5) is 13.2 Å². The summed E-state index contributed by atoms with van der Waals surface area (Å²) in [6.45, 7) is 0. The van der Waals surface area contributed by atoms with Gasteiger partial charge in [-0.15, -0.1) is 0 Å². The minimum atomic E-state index is -3.33. The van der Waals surface area contributed by atoms with E-state index in [0.29, 0.717) is 0 Å². The van der Waals surface area contributed by atoms with Crippen LogP contribution in [0, 0.1) is 0 Å². The Morgan fingerprint density at radius 2 is 1.33 bits per heavy atom. The second kappa shape index (κ2) is 3.17. The predicted molar refractivity (Wildman–Crippen MR) is 31.2 cm³/mol. The fourth-order valence-electron chi connectivity index (χ4n) is 0.0952. The molecule has 0 aliphatic heterocycles. The Labute approximate surface area is 64.9 Å². The highest BCUT2D eigenvalue weighted by Gasteiger charge is 2.44. The highest BCUT2D eigenvalue weighted by Crippen LogP contribution is 2.34. The van der Waals surface area contributed by atoms with Gasteiger partial charge in [-0.3, -0.25) is 0 Å². The van der Waals surface area contributed by atoms with Crippen LogP contribution in [-0.2, 0) is 0 Å². The Bertz CT molecular complexity index is 82.3. The molecule has 2 unspecified atom stereocenters. The first-order valence-electron chi connectivity index (χ1n) is 1.83. The van der Waals surface area contributed by atoms with Crippen molar-refractivity contribution in [1.82, 2.24) is 0 Å². The van der Waals surface area contributed by atoms with Crippen LogP contribution in [0.15, 0.2) is 0 Å². The van der Waals surface area contributed by atoms with Gasteiger partial charge in [-0.1, -0.05) is 34.8 Å². The molecule has 0 spiro atoms. The summed E-state index contributed by atoms with van der Waals surface area (Å²) in [5.74, 6) is 0. The average molecular weight is 201 g/mol. The number of rotatable bonds is 2. The average Bonchev–Trinajstić information content (AvgIpc) is 1.65. The van der Waals surface area contributed by atoms with E-state index in [2.05, 4.69) is 34.8 Å². The molecule has 6 heteroatoms. The number of hydrogen-bond donors (Lipinski definition) is 0. The smallest absolute Gasteiger partial charge is 0.225 e. The molecular weight excluding hydrogens is 199 g/mol. The van der Waals surface area contributed by atoms with E-state index in [1.807, 2.05) is 0 Å². The molecule has 0 aromatic carbocycles. The molecule has 0 saturated carbocycles. The first-order valence-corrected chi connectivity index (χ1v) is 3.08. The summed E-state index contributed by atoms with van der Waals surface area (Å²) in [7, 11) is 0. The van der Waals surface area contributed by atoms with E-state index in [9.17, 15) is 13.2 Å². The maximum absolute atomic E-state index is 12.1. The molecule has 0 rings (SSSR count). The Morgan fingerprint density at radius 3 is 1.33 bits per heavy atom. The highest BCUT2D eigenvalue weighted by molar-refractivity contribution is 6.35. The van der Waals surface area contributed by atoms with Crippen molar-refractivity contribution in [2.24, 2.45) is 0 Å². The van der Waals surface area contributed by atoms with Crippen molar-refractivity contribution in [3.8, 4) is 0 Å². The van der Waals surface area contributed by atoms with Gasteiger partial charge >= 0.3 is 0 Å². The molecule has 0 saturated heterocycles. The molecule has 0 radical (unpaired) electrons. The van der Waals surface area contributed by atoms with Crippen molar-refractivity contribution in [1.29, 1.82) is 0 Å². The van der Waals surface area contributed by atoms with Gasteiger partial charge in [-0.2, -0.15) is 0 Å². The van der Waals surface area contributed by atoms with Crippen molar-refractivity contribution >= 4 is 34.8 Å². The number of halogens is 6. The lowest BCUT2D eigenvalue weighted by atomic mass is 10.4. The molecule has 0 heterocycles. The van der Waals surface area contributed by atoms with Gasteiger partial charge < -0.3 is 0 Å². The van der Waals surface area contributed by atoms with Crippen molar-refractivity contribution in [2.45, 2.75) is 16.4 Å². The van der Waals surface area contributed by atoms with Crippen LogP contribution in [0.25, 0.3) is 0 Å². The zero-order chi connectivity index (χ0) is 7.65. The summed E-state index contributed by atoms with van der Waals surface area (Å²) in [6.07, 6.45) is 0. The van der Waals surface area contributed by atoms with Crippen molar-refractivity contribution in [3.05, 3.63) is 0 Å². The van der Waals surface area contributed by atoms with Crippen molar-refractivity contribution in [3.63, 3.8) is 0 Å². The van der Waals surface area contributed by atoms with Gasteiger partial charge in [0.15, 0.2) is 0 Å². The Hall–Kier alpha value is 0.660. The van der Waals surface area contributed by atoms with Crippen LogP contribution in [0.1, 0.15) is 0 Å². The molecular formula is C3H2Cl3F3. The third kappa shape index (κ3) is 2.40. The first kappa shape index (κ1) is 9.66.